The van der Waals surface area contributed by atoms with Crippen molar-refractivity contribution in [2.45, 2.75) is 13.8 Å². The molecular weight excluding hydrogens is 307 g/mol. The summed E-state index contributed by atoms with van der Waals surface area (Å²) in [5.74, 6) is -0.0475. The molecule has 0 atom stereocenters. The van der Waals surface area contributed by atoms with E-state index in [4.69, 9.17) is 23.2 Å². The summed E-state index contributed by atoms with van der Waals surface area (Å²) < 4.78 is 0. The Morgan fingerprint density at radius 1 is 0.905 bits per heavy atom. The molecule has 2 aromatic carbocycles. The molecule has 0 fully saturated rings. The van der Waals surface area contributed by atoms with E-state index in [2.05, 4.69) is 10.6 Å². The number of rotatable bonds is 4. The Kier molecular flexibility index (Phi) is 5.10. The standard InChI is InChI=1S/C16H16Cl2N2O/c1-10(2)16(21)20-14-5-3-13(4-6-14)19-15-8-11(17)7-12(18)9-15/h3-10,19H,1-2H3,(H,20,21). The predicted octanol–water partition coefficient (Wildman–Crippen LogP) is 5.33. The Labute approximate surface area is 134 Å². The monoisotopic (exact) mass is 322 g/mol. The van der Waals surface area contributed by atoms with E-state index < -0.39 is 0 Å². The van der Waals surface area contributed by atoms with Crippen LogP contribution in [0.15, 0.2) is 42.5 Å². The predicted molar refractivity (Wildman–Crippen MR) is 89.7 cm³/mol. The minimum absolute atomic E-state index is 0.00247. The van der Waals surface area contributed by atoms with Crippen LogP contribution in [0.4, 0.5) is 17.1 Å². The van der Waals surface area contributed by atoms with Crippen molar-refractivity contribution in [2.75, 3.05) is 10.6 Å². The van der Waals surface area contributed by atoms with Gasteiger partial charge in [0.25, 0.3) is 0 Å². The molecular formula is C16H16Cl2N2O. The normalized spacial score (nSPS) is 10.5. The van der Waals surface area contributed by atoms with Gasteiger partial charge in [0.15, 0.2) is 0 Å². The molecule has 0 spiro atoms. The fourth-order valence-electron chi connectivity index (χ4n) is 1.72. The Balaban J connectivity index is 2.07. The minimum Gasteiger partial charge on any atom is -0.355 e. The third kappa shape index (κ3) is 4.66. The van der Waals surface area contributed by atoms with Crippen LogP contribution >= 0.6 is 23.2 Å². The summed E-state index contributed by atoms with van der Waals surface area (Å²) >= 11 is 11.9. The molecule has 0 aromatic heterocycles. The topological polar surface area (TPSA) is 41.1 Å². The van der Waals surface area contributed by atoms with Crippen molar-refractivity contribution in [2.24, 2.45) is 5.92 Å². The number of amides is 1. The van der Waals surface area contributed by atoms with Gasteiger partial charge in [0.2, 0.25) is 5.91 Å². The zero-order valence-electron chi connectivity index (χ0n) is 11.8. The van der Waals surface area contributed by atoms with Crippen molar-refractivity contribution < 1.29 is 4.79 Å². The first-order valence-corrected chi connectivity index (χ1v) is 7.33. The molecule has 110 valence electrons. The second kappa shape index (κ2) is 6.83. The second-order valence-corrected chi connectivity index (χ2v) is 5.88. The molecule has 0 unspecified atom stereocenters. The van der Waals surface area contributed by atoms with Gasteiger partial charge in [0.05, 0.1) is 0 Å². The van der Waals surface area contributed by atoms with Crippen molar-refractivity contribution in [1.82, 2.24) is 0 Å². The highest BCUT2D eigenvalue weighted by Crippen LogP contribution is 2.25. The molecule has 0 radical (unpaired) electrons. The molecule has 0 saturated carbocycles. The lowest BCUT2D eigenvalue weighted by Gasteiger charge is -2.10. The van der Waals surface area contributed by atoms with E-state index in [-0.39, 0.29) is 11.8 Å². The third-order valence-electron chi connectivity index (χ3n) is 2.83. The fourth-order valence-corrected chi connectivity index (χ4v) is 2.24. The van der Waals surface area contributed by atoms with Crippen LogP contribution < -0.4 is 10.6 Å². The highest BCUT2D eigenvalue weighted by Gasteiger charge is 2.06. The molecule has 5 heteroatoms. The number of hydrogen-bond donors (Lipinski definition) is 2. The highest BCUT2D eigenvalue weighted by molar-refractivity contribution is 6.35. The second-order valence-electron chi connectivity index (χ2n) is 5.00. The van der Waals surface area contributed by atoms with E-state index in [0.717, 1.165) is 17.1 Å². The van der Waals surface area contributed by atoms with E-state index in [1.54, 1.807) is 18.2 Å². The number of nitrogens with one attached hydrogen (secondary N) is 2. The lowest BCUT2D eigenvalue weighted by molar-refractivity contribution is -0.118. The van der Waals surface area contributed by atoms with Gasteiger partial charge < -0.3 is 10.6 Å². The van der Waals surface area contributed by atoms with Gasteiger partial charge in [-0.1, -0.05) is 37.0 Å². The molecule has 0 aliphatic rings. The SMILES string of the molecule is CC(C)C(=O)Nc1ccc(Nc2cc(Cl)cc(Cl)c2)cc1. The van der Waals surface area contributed by atoms with Crippen LogP contribution in [0, 0.1) is 5.92 Å². The molecule has 2 rings (SSSR count). The zero-order chi connectivity index (χ0) is 15.4. The summed E-state index contributed by atoms with van der Waals surface area (Å²) in [4.78, 5) is 11.6. The summed E-state index contributed by atoms with van der Waals surface area (Å²) in [6, 6.07) is 12.7. The largest absolute Gasteiger partial charge is 0.355 e. The number of benzene rings is 2. The van der Waals surface area contributed by atoms with Gasteiger partial charge >= 0.3 is 0 Å². The van der Waals surface area contributed by atoms with Gasteiger partial charge in [-0.25, -0.2) is 0 Å². The summed E-state index contributed by atoms with van der Waals surface area (Å²) in [5, 5.41) is 7.20. The maximum Gasteiger partial charge on any atom is 0.226 e. The minimum atomic E-state index is -0.0450. The first kappa shape index (κ1) is 15.7. The van der Waals surface area contributed by atoms with Gasteiger partial charge in [-0.15, -0.1) is 0 Å². The smallest absolute Gasteiger partial charge is 0.226 e. The Hall–Kier alpha value is -1.71. The van der Waals surface area contributed by atoms with Crippen LogP contribution in [-0.2, 0) is 4.79 Å². The Bertz CT molecular complexity index is 619. The zero-order valence-corrected chi connectivity index (χ0v) is 13.3. The fraction of sp³-hybridized carbons (Fsp3) is 0.188. The maximum absolute atomic E-state index is 11.6. The molecule has 21 heavy (non-hydrogen) atoms. The molecule has 0 aliphatic heterocycles. The molecule has 2 N–H and O–H groups in total. The summed E-state index contributed by atoms with van der Waals surface area (Å²) in [5.41, 5.74) is 2.46. The van der Waals surface area contributed by atoms with E-state index in [1.165, 1.54) is 0 Å². The Morgan fingerprint density at radius 3 is 1.95 bits per heavy atom. The maximum atomic E-state index is 11.6. The van der Waals surface area contributed by atoms with E-state index in [0.29, 0.717) is 10.0 Å². The van der Waals surface area contributed by atoms with Crippen LogP contribution in [0.25, 0.3) is 0 Å². The van der Waals surface area contributed by atoms with Gasteiger partial charge in [0.1, 0.15) is 0 Å². The van der Waals surface area contributed by atoms with Gasteiger partial charge in [0, 0.05) is 33.0 Å². The molecule has 0 heterocycles. The highest BCUT2D eigenvalue weighted by atomic mass is 35.5. The lowest BCUT2D eigenvalue weighted by Crippen LogP contribution is -2.17. The van der Waals surface area contributed by atoms with Crippen LogP contribution in [0.5, 0.6) is 0 Å². The van der Waals surface area contributed by atoms with Crippen LogP contribution in [0.2, 0.25) is 10.0 Å². The molecule has 2 aromatic rings. The van der Waals surface area contributed by atoms with Crippen LogP contribution in [0.3, 0.4) is 0 Å². The van der Waals surface area contributed by atoms with Gasteiger partial charge in [-0.3, -0.25) is 4.79 Å². The number of anilines is 3. The molecule has 0 saturated heterocycles. The number of carbonyl (C=O) groups is 1. The molecule has 3 nitrogen and oxygen atoms in total. The number of carbonyl (C=O) groups excluding carboxylic acids is 1. The average Bonchev–Trinajstić information content (AvgIpc) is 2.39. The Morgan fingerprint density at radius 2 is 1.43 bits per heavy atom. The summed E-state index contributed by atoms with van der Waals surface area (Å²) in [6.45, 7) is 3.71. The summed E-state index contributed by atoms with van der Waals surface area (Å²) in [7, 11) is 0. The van der Waals surface area contributed by atoms with Crippen LogP contribution in [-0.4, -0.2) is 5.91 Å². The van der Waals surface area contributed by atoms with Crippen molar-refractivity contribution in [1.29, 1.82) is 0 Å². The molecule has 0 bridgehead atoms. The molecule has 1 amide bonds. The van der Waals surface area contributed by atoms with E-state index in [1.807, 2.05) is 38.1 Å². The number of halogens is 2. The first-order chi connectivity index (χ1) is 9.94. The van der Waals surface area contributed by atoms with Crippen molar-refractivity contribution in [3.05, 3.63) is 52.5 Å². The third-order valence-corrected chi connectivity index (χ3v) is 3.26. The van der Waals surface area contributed by atoms with Crippen LogP contribution in [0.1, 0.15) is 13.8 Å². The van der Waals surface area contributed by atoms with Crippen molar-refractivity contribution >= 4 is 46.2 Å². The van der Waals surface area contributed by atoms with Crippen molar-refractivity contribution in [3.8, 4) is 0 Å². The first-order valence-electron chi connectivity index (χ1n) is 6.58. The molecule has 0 aliphatic carbocycles. The van der Waals surface area contributed by atoms with E-state index in [9.17, 15) is 4.79 Å². The number of hydrogen-bond acceptors (Lipinski definition) is 2. The van der Waals surface area contributed by atoms with Gasteiger partial charge in [-0.2, -0.15) is 0 Å². The quantitative estimate of drug-likeness (QED) is 0.798. The lowest BCUT2D eigenvalue weighted by atomic mass is 10.2. The van der Waals surface area contributed by atoms with Crippen molar-refractivity contribution in [3.63, 3.8) is 0 Å². The van der Waals surface area contributed by atoms with E-state index >= 15 is 0 Å². The summed E-state index contributed by atoms with van der Waals surface area (Å²) in [6.07, 6.45) is 0. The average molecular weight is 323 g/mol. The van der Waals surface area contributed by atoms with Gasteiger partial charge in [-0.05, 0) is 42.5 Å².